The molecule has 3 nitrogen and oxygen atoms in total. The molecule has 0 bridgehead atoms. The van der Waals surface area contributed by atoms with E-state index in [4.69, 9.17) is 0 Å². The van der Waals surface area contributed by atoms with Gasteiger partial charge < -0.3 is 10.6 Å². The molecule has 0 aromatic carbocycles. The van der Waals surface area contributed by atoms with Crippen LogP contribution in [0, 0.1) is 11.8 Å². The highest BCUT2D eigenvalue weighted by Crippen LogP contribution is 2.27. The molecule has 1 aliphatic carbocycles. The van der Waals surface area contributed by atoms with Gasteiger partial charge in [0.25, 0.3) is 0 Å². The molecule has 0 aromatic rings. The average molecular weight is 303 g/mol. The van der Waals surface area contributed by atoms with Crippen molar-refractivity contribution in [1.82, 2.24) is 10.6 Å². The number of hydrogen-bond donors (Lipinski definition) is 2. The van der Waals surface area contributed by atoms with Gasteiger partial charge in [-0.3, -0.25) is 4.79 Å². The highest BCUT2D eigenvalue weighted by Gasteiger charge is 2.15. The van der Waals surface area contributed by atoms with Gasteiger partial charge in [-0.25, -0.2) is 0 Å². The Bertz CT molecular complexity index is 261. The van der Waals surface area contributed by atoms with Gasteiger partial charge in [0.15, 0.2) is 0 Å². The molecule has 1 saturated carbocycles. The lowest BCUT2D eigenvalue weighted by atomic mass is 9.86. The third kappa shape index (κ3) is 6.94. The summed E-state index contributed by atoms with van der Waals surface area (Å²) < 4.78 is 0. The second-order valence-corrected chi connectivity index (χ2v) is 6.41. The monoisotopic (exact) mass is 302 g/mol. The van der Waals surface area contributed by atoms with E-state index in [0.717, 1.165) is 38.4 Å². The number of hydrogen-bond acceptors (Lipinski definition) is 2. The van der Waals surface area contributed by atoms with Crippen molar-refractivity contribution in [3.8, 4) is 0 Å². The third-order valence-corrected chi connectivity index (χ3v) is 4.73. The van der Waals surface area contributed by atoms with E-state index in [9.17, 15) is 4.79 Å². The van der Waals surface area contributed by atoms with Gasteiger partial charge in [-0.05, 0) is 50.6 Å². The molecule has 0 radical (unpaired) electrons. The molecule has 1 heterocycles. The van der Waals surface area contributed by atoms with E-state index < -0.39 is 0 Å². The molecule has 2 N–H and O–H groups in total. The van der Waals surface area contributed by atoms with E-state index in [1.54, 1.807) is 0 Å². The lowest BCUT2D eigenvalue weighted by Gasteiger charge is -2.23. The molecule has 20 heavy (non-hydrogen) atoms. The molecule has 2 aliphatic rings. The molecule has 1 atom stereocenters. The summed E-state index contributed by atoms with van der Waals surface area (Å²) in [5.74, 6) is 1.82. The zero-order valence-corrected chi connectivity index (χ0v) is 13.5. The van der Waals surface area contributed by atoms with Gasteiger partial charge in [-0.15, -0.1) is 12.4 Å². The second-order valence-electron chi connectivity index (χ2n) is 6.41. The molecule has 4 heteroatoms. The number of carbonyl (C=O) groups is 1. The maximum Gasteiger partial charge on any atom is 0.220 e. The topological polar surface area (TPSA) is 41.1 Å². The lowest BCUT2D eigenvalue weighted by Crippen LogP contribution is -2.38. The van der Waals surface area contributed by atoms with Crippen LogP contribution in [0.25, 0.3) is 0 Å². The van der Waals surface area contributed by atoms with Crippen LogP contribution >= 0.6 is 12.4 Å². The summed E-state index contributed by atoms with van der Waals surface area (Å²) in [4.78, 5) is 11.8. The van der Waals surface area contributed by atoms with Crippen molar-refractivity contribution < 1.29 is 4.79 Å². The number of nitrogens with one attached hydrogen (secondary N) is 2. The summed E-state index contributed by atoms with van der Waals surface area (Å²) in [6.07, 6.45) is 12.6. The Labute approximate surface area is 130 Å². The molecular formula is C16H31ClN2O. The maximum absolute atomic E-state index is 11.8. The highest BCUT2D eigenvalue weighted by atomic mass is 35.5. The molecule has 118 valence electrons. The quantitative estimate of drug-likeness (QED) is 0.790. The molecule has 1 unspecified atom stereocenters. The second kappa shape index (κ2) is 10.4. The summed E-state index contributed by atoms with van der Waals surface area (Å²) in [5.41, 5.74) is 0. The smallest absolute Gasteiger partial charge is 0.220 e. The van der Waals surface area contributed by atoms with Crippen LogP contribution in [0.15, 0.2) is 0 Å². The number of amides is 1. The summed E-state index contributed by atoms with van der Waals surface area (Å²) in [6, 6.07) is 0. The Morgan fingerprint density at radius 2 is 1.80 bits per heavy atom. The number of rotatable bonds is 6. The molecule has 0 spiro atoms. The fourth-order valence-corrected chi connectivity index (χ4v) is 3.47. The van der Waals surface area contributed by atoms with E-state index in [0.29, 0.717) is 5.92 Å². The van der Waals surface area contributed by atoms with Crippen LogP contribution in [-0.2, 0) is 4.79 Å². The molecule has 1 amide bonds. The summed E-state index contributed by atoms with van der Waals surface area (Å²) in [5, 5.41) is 6.50. The highest BCUT2D eigenvalue weighted by molar-refractivity contribution is 5.85. The van der Waals surface area contributed by atoms with Crippen LogP contribution in [0.4, 0.5) is 0 Å². The molecule has 0 aromatic heterocycles. The van der Waals surface area contributed by atoms with Crippen LogP contribution in [0.3, 0.4) is 0 Å². The third-order valence-electron chi connectivity index (χ3n) is 4.73. The average Bonchev–Trinajstić information content (AvgIpc) is 2.47. The zero-order chi connectivity index (χ0) is 13.3. The SMILES string of the molecule is Cl.O=C(CCCC1CCCCC1)NCC1CCCNC1. The Kier molecular flexibility index (Phi) is 9.28. The van der Waals surface area contributed by atoms with E-state index >= 15 is 0 Å². The van der Waals surface area contributed by atoms with Crippen molar-refractivity contribution >= 4 is 18.3 Å². The molecule has 2 rings (SSSR count). The summed E-state index contributed by atoms with van der Waals surface area (Å²) >= 11 is 0. The first-order valence-corrected chi connectivity index (χ1v) is 8.32. The zero-order valence-electron chi connectivity index (χ0n) is 12.7. The Hall–Kier alpha value is -0.280. The summed E-state index contributed by atoms with van der Waals surface area (Å²) in [7, 11) is 0. The van der Waals surface area contributed by atoms with Gasteiger partial charge in [0.05, 0.1) is 0 Å². The van der Waals surface area contributed by atoms with Crippen LogP contribution in [0.1, 0.15) is 64.2 Å². The first kappa shape index (κ1) is 17.8. The normalized spacial score (nSPS) is 23.9. The van der Waals surface area contributed by atoms with Gasteiger partial charge in [0.2, 0.25) is 5.91 Å². The fourth-order valence-electron chi connectivity index (χ4n) is 3.47. The molecular weight excluding hydrogens is 272 g/mol. The van der Waals surface area contributed by atoms with Crippen LogP contribution < -0.4 is 10.6 Å². The van der Waals surface area contributed by atoms with Crippen molar-refractivity contribution in [3.63, 3.8) is 0 Å². The van der Waals surface area contributed by atoms with Crippen LogP contribution in [0.5, 0.6) is 0 Å². The molecule has 1 aliphatic heterocycles. The van der Waals surface area contributed by atoms with E-state index in [-0.39, 0.29) is 18.3 Å². The van der Waals surface area contributed by atoms with Crippen LogP contribution in [-0.4, -0.2) is 25.5 Å². The van der Waals surface area contributed by atoms with Gasteiger partial charge in [-0.2, -0.15) is 0 Å². The van der Waals surface area contributed by atoms with E-state index in [1.807, 2.05) is 0 Å². The predicted octanol–water partition coefficient (Wildman–Crippen LogP) is 3.27. The minimum absolute atomic E-state index is 0. The standard InChI is InChI=1S/C16H30N2O.ClH/c19-16(18-13-15-9-5-11-17-12-15)10-4-8-14-6-2-1-3-7-14;/h14-15,17H,1-13H2,(H,18,19);1H. The Morgan fingerprint density at radius 3 is 2.50 bits per heavy atom. The minimum Gasteiger partial charge on any atom is -0.356 e. The fraction of sp³-hybridized carbons (Fsp3) is 0.938. The first-order chi connectivity index (χ1) is 9.34. The van der Waals surface area contributed by atoms with Crippen molar-refractivity contribution in [2.45, 2.75) is 64.2 Å². The van der Waals surface area contributed by atoms with Gasteiger partial charge in [0, 0.05) is 13.0 Å². The maximum atomic E-state index is 11.8. The molecule has 2 fully saturated rings. The first-order valence-electron chi connectivity index (χ1n) is 8.32. The van der Waals surface area contributed by atoms with Crippen LogP contribution in [0.2, 0.25) is 0 Å². The van der Waals surface area contributed by atoms with Crippen molar-refractivity contribution in [3.05, 3.63) is 0 Å². The lowest BCUT2D eigenvalue weighted by molar-refractivity contribution is -0.121. The predicted molar refractivity (Wildman–Crippen MR) is 86.3 cm³/mol. The summed E-state index contributed by atoms with van der Waals surface area (Å²) in [6.45, 7) is 3.09. The number of carbonyl (C=O) groups excluding carboxylic acids is 1. The van der Waals surface area contributed by atoms with E-state index in [1.165, 1.54) is 51.4 Å². The van der Waals surface area contributed by atoms with Crippen molar-refractivity contribution in [1.29, 1.82) is 0 Å². The number of halogens is 1. The largest absolute Gasteiger partial charge is 0.356 e. The van der Waals surface area contributed by atoms with Gasteiger partial charge in [-0.1, -0.05) is 32.1 Å². The number of piperidine rings is 1. The van der Waals surface area contributed by atoms with Crippen molar-refractivity contribution in [2.75, 3.05) is 19.6 Å². The van der Waals surface area contributed by atoms with Gasteiger partial charge >= 0.3 is 0 Å². The van der Waals surface area contributed by atoms with Gasteiger partial charge in [0.1, 0.15) is 0 Å². The molecule has 1 saturated heterocycles. The Morgan fingerprint density at radius 1 is 1.05 bits per heavy atom. The van der Waals surface area contributed by atoms with Crippen molar-refractivity contribution in [2.24, 2.45) is 11.8 Å². The van der Waals surface area contributed by atoms with E-state index in [2.05, 4.69) is 10.6 Å². The Balaban J connectivity index is 0.00000200. The minimum atomic E-state index is 0.